The first kappa shape index (κ1) is 13.0. The minimum absolute atomic E-state index is 0.137. The summed E-state index contributed by atoms with van der Waals surface area (Å²) < 4.78 is 0. The zero-order valence-electron chi connectivity index (χ0n) is 11.5. The summed E-state index contributed by atoms with van der Waals surface area (Å²) in [6, 6.07) is 2.81. The highest BCUT2D eigenvalue weighted by Crippen LogP contribution is 2.37. The van der Waals surface area contributed by atoms with Crippen LogP contribution in [0, 0.1) is 0 Å². The predicted octanol–water partition coefficient (Wildman–Crippen LogP) is 1.43. The molecule has 0 saturated carbocycles. The van der Waals surface area contributed by atoms with Crippen molar-refractivity contribution in [3.05, 3.63) is 17.8 Å². The number of fused-ring (bicyclic) bond motifs is 3. The number of anilines is 1. The molecule has 7 heteroatoms. The molecule has 2 unspecified atom stereocenters. The Morgan fingerprint density at radius 1 is 1.33 bits per heavy atom. The van der Waals surface area contributed by atoms with Crippen molar-refractivity contribution in [2.45, 2.75) is 24.9 Å². The van der Waals surface area contributed by atoms with E-state index in [4.69, 9.17) is 5.11 Å². The summed E-state index contributed by atoms with van der Waals surface area (Å²) in [5.41, 5.74) is 0. The fraction of sp³-hybridized carbons (Fsp3) is 0.500. The van der Waals surface area contributed by atoms with Crippen LogP contribution in [0.3, 0.4) is 0 Å². The molecule has 4 rings (SSSR count). The summed E-state index contributed by atoms with van der Waals surface area (Å²) in [5, 5.41) is 12.1. The minimum atomic E-state index is -0.745. The van der Waals surface area contributed by atoms with Crippen molar-refractivity contribution in [2.75, 3.05) is 24.5 Å². The van der Waals surface area contributed by atoms with Gasteiger partial charge in [0.15, 0.2) is 0 Å². The molecule has 6 nitrogen and oxygen atoms in total. The zero-order valence-corrected chi connectivity index (χ0v) is 12.3. The van der Waals surface area contributed by atoms with Crippen molar-refractivity contribution in [1.82, 2.24) is 14.9 Å². The van der Waals surface area contributed by atoms with Gasteiger partial charge in [-0.2, -0.15) is 0 Å². The van der Waals surface area contributed by atoms with Gasteiger partial charge in [-0.15, -0.1) is 11.3 Å². The van der Waals surface area contributed by atoms with Crippen LogP contribution >= 0.6 is 11.3 Å². The highest BCUT2D eigenvalue weighted by atomic mass is 32.1. The van der Waals surface area contributed by atoms with Gasteiger partial charge >= 0.3 is 5.97 Å². The molecule has 2 fully saturated rings. The van der Waals surface area contributed by atoms with E-state index in [1.54, 1.807) is 17.7 Å². The van der Waals surface area contributed by atoms with Gasteiger partial charge in [0.1, 0.15) is 17.0 Å². The van der Waals surface area contributed by atoms with Gasteiger partial charge in [0.2, 0.25) is 0 Å². The number of likely N-dealkylation sites (tertiary alicyclic amines) is 1. The van der Waals surface area contributed by atoms with Crippen LogP contribution in [0.5, 0.6) is 0 Å². The third-order valence-corrected chi connectivity index (χ3v) is 5.22. The van der Waals surface area contributed by atoms with Crippen molar-refractivity contribution in [3.63, 3.8) is 0 Å². The van der Waals surface area contributed by atoms with Crippen LogP contribution in [0.4, 0.5) is 5.82 Å². The lowest BCUT2D eigenvalue weighted by molar-refractivity contribution is -0.138. The Morgan fingerprint density at radius 3 is 2.81 bits per heavy atom. The molecule has 0 amide bonds. The third-order valence-electron chi connectivity index (χ3n) is 4.40. The lowest BCUT2D eigenvalue weighted by Crippen LogP contribution is -2.55. The lowest BCUT2D eigenvalue weighted by Gasteiger charge is -2.41. The van der Waals surface area contributed by atoms with Crippen molar-refractivity contribution in [2.24, 2.45) is 0 Å². The fourth-order valence-electron chi connectivity index (χ4n) is 3.64. The van der Waals surface area contributed by atoms with Crippen LogP contribution in [0.2, 0.25) is 0 Å². The molecule has 2 bridgehead atoms. The van der Waals surface area contributed by atoms with Gasteiger partial charge in [0.05, 0.1) is 11.9 Å². The quantitative estimate of drug-likeness (QED) is 0.925. The van der Waals surface area contributed by atoms with Crippen molar-refractivity contribution < 1.29 is 9.90 Å². The molecular weight excluding hydrogens is 288 g/mol. The van der Waals surface area contributed by atoms with Gasteiger partial charge in [0.25, 0.3) is 0 Å². The predicted molar refractivity (Wildman–Crippen MR) is 80.8 cm³/mol. The first-order chi connectivity index (χ1) is 10.2. The average Bonchev–Trinajstić information content (AvgIpc) is 3.01. The highest BCUT2D eigenvalue weighted by Gasteiger charge is 2.41. The summed E-state index contributed by atoms with van der Waals surface area (Å²) >= 11 is 1.63. The largest absolute Gasteiger partial charge is 0.480 e. The fourth-order valence-corrected chi connectivity index (χ4v) is 4.37. The van der Waals surface area contributed by atoms with Crippen LogP contribution in [0.15, 0.2) is 17.8 Å². The molecule has 0 aliphatic carbocycles. The molecular formula is C14H16N4O2S. The number of carbonyl (C=O) groups is 1. The Balaban J connectivity index is 1.65. The van der Waals surface area contributed by atoms with E-state index in [9.17, 15) is 4.79 Å². The maximum absolute atomic E-state index is 10.9. The zero-order chi connectivity index (χ0) is 14.4. The van der Waals surface area contributed by atoms with Gasteiger partial charge in [-0.25, -0.2) is 9.97 Å². The smallest absolute Gasteiger partial charge is 0.317 e. The number of aromatic nitrogens is 2. The molecule has 4 heterocycles. The molecule has 21 heavy (non-hydrogen) atoms. The molecule has 0 radical (unpaired) electrons. The normalized spacial score (nSPS) is 25.6. The van der Waals surface area contributed by atoms with Crippen molar-refractivity contribution in [1.29, 1.82) is 0 Å². The van der Waals surface area contributed by atoms with Crippen LogP contribution in [-0.4, -0.2) is 57.7 Å². The number of carboxylic acids is 1. The third kappa shape index (κ3) is 2.16. The molecule has 110 valence electrons. The Hall–Kier alpha value is -1.73. The molecule has 2 aromatic rings. The number of hydrogen-bond donors (Lipinski definition) is 1. The van der Waals surface area contributed by atoms with Gasteiger partial charge in [0, 0.05) is 25.2 Å². The van der Waals surface area contributed by atoms with Gasteiger partial charge < -0.3 is 10.0 Å². The average molecular weight is 304 g/mol. The molecule has 2 atom stereocenters. The summed E-state index contributed by atoms with van der Waals surface area (Å²) in [6.45, 7) is 1.75. The Kier molecular flexibility index (Phi) is 3.04. The van der Waals surface area contributed by atoms with E-state index in [0.29, 0.717) is 12.1 Å². The minimum Gasteiger partial charge on any atom is -0.480 e. The van der Waals surface area contributed by atoms with Crippen LogP contribution in [0.1, 0.15) is 12.8 Å². The Bertz CT molecular complexity index is 674. The first-order valence-corrected chi connectivity index (χ1v) is 8.01. The lowest BCUT2D eigenvalue weighted by atomic mass is 10.1. The molecule has 2 aliphatic heterocycles. The van der Waals surface area contributed by atoms with Crippen molar-refractivity contribution in [3.8, 4) is 0 Å². The van der Waals surface area contributed by atoms with Gasteiger partial charge in [-0.3, -0.25) is 9.69 Å². The van der Waals surface area contributed by atoms with E-state index in [1.165, 1.54) is 0 Å². The van der Waals surface area contributed by atoms with Crippen molar-refractivity contribution >= 4 is 33.3 Å². The maximum Gasteiger partial charge on any atom is 0.317 e. The molecule has 0 aromatic carbocycles. The van der Waals surface area contributed by atoms with E-state index >= 15 is 0 Å². The van der Waals surface area contributed by atoms with E-state index < -0.39 is 5.97 Å². The number of hydrogen-bond acceptors (Lipinski definition) is 6. The van der Waals surface area contributed by atoms with Crippen LogP contribution < -0.4 is 4.90 Å². The number of aliphatic carboxylic acids is 1. The second-order valence-corrected chi connectivity index (χ2v) is 6.61. The number of piperazine rings is 1. The Morgan fingerprint density at radius 2 is 2.10 bits per heavy atom. The molecule has 2 aromatic heterocycles. The van der Waals surface area contributed by atoms with Crippen LogP contribution in [0.25, 0.3) is 10.2 Å². The van der Waals surface area contributed by atoms with E-state index in [0.717, 1.165) is 42.0 Å². The second-order valence-electron chi connectivity index (χ2n) is 5.72. The number of carboxylic acid groups (broad SMARTS) is 1. The summed E-state index contributed by atoms with van der Waals surface area (Å²) in [5.74, 6) is 0.272. The monoisotopic (exact) mass is 304 g/mol. The van der Waals surface area contributed by atoms with Crippen LogP contribution in [-0.2, 0) is 4.79 Å². The molecule has 2 saturated heterocycles. The number of rotatable bonds is 3. The van der Waals surface area contributed by atoms with E-state index in [2.05, 4.69) is 20.9 Å². The summed E-state index contributed by atoms with van der Waals surface area (Å²) in [6.07, 6.45) is 3.85. The topological polar surface area (TPSA) is 69.6 Å². The highest BCUT2D eigenvalue weighted by molar-refractivity contribution is 7.16. The standard InChI is InChI=1S/C14H16N4O2S/c19-12(20)7-17-5-9-1-2-10(6-17)18(9)13-11-3-4-21-14(11)16-8-15-13/h3-4,8-10H,1-2,5-7H2,(H,19,20). The number of nitrogens with zero attached hydrogens (tertiary/aromatic N) is 4. The first-order valence-electron chi connectivity index (χ1n) is 7.13. The maximum atomic E-state index is 10.9. The van der Waals surface area contributed by atoms with Gasteiger partial charge in [-0.1, -0.05) is 0 Å². The Labute approximate surface area is 126 Å². The summed E-state index contributed by atoms with van der Waals surface area (Å²) in [7, 11) is 0. The van der Waals surface area contributed by atoms with Gasteiger partial charge in [-0.05, 0) is 24.3 Å². The van der Waals surface area contributed by atoms with E-state index in [-0.39, 0.29) is 6.54 Å². The summed E-state index contributed by atoms with van der Waals surface area (Å²) in [4.78, 5) is 25.2. The molecule has 0 spiro atoms. The molecule has 2 aliphatic rings. The second kappa shape index (κ2) is 4.92. The SMILES string of the molecule is O=C(O)CN1CC2CCC(C1)N2c1ncnc2sccc12. The molecule has 1 N–H and O–H groups in total. The van der Waals surface area contributed by atoms with E-state index in [1.807, 2.05) is 10.3 Å². The number of thiophene rings is 1.